The van der Waals surface area contributed by atoms with Crippen molar-refractivity contribution in [2.24, 2.45) is 10.9 Å². The van der Waals surface area contributed by atoms with Crippen molar-refractivity contribution in [3.63, 3.8) is 0 Å². The standard InChI is InChI=1S/C30H39N5/c1-22(2)20-32-23(3)26-11-9-12-27(19-26)30(33-25(5)34-16-7-6-8-17-34)29-14-18-35(24(29)4)28-13-10-15-31-21-28/h9-13,15,19,21-22,32H,3-4,6-8,14,16-18,20H2,1-2,5H3/b30-29-,33-25?. The molecule has 2 aliphatic rings. The van der Waals surface area contributed by atoms with E-state index < -0.39 is 0 Å². The fraction of sp³-hybridized carbons (Fsp3) is 0.400. The second-order valence-corrected chi connectivity index (χ2v) is 9.93. The Hall–Kier alpha value is -3.34. The quantitative estimate of drug-likeness (QED) is 0.380. The van der Waals surface area contributed by atoms with Gasteiger partial charge in [-0.05, 0) is 62.3 Å². The van der Waals surface area contributed by atoms with Gasteiger partial charge < -0.3 is 15.1 Å². The summed E-state index contributed by atoms with van der Waals surface area (Å²) in [4.78, 5) is 14.3. The molecule has 0 spiro atoms. The molecule has 3 heterocycles. The first-order valence-corrected chi connectivity index (χ1v) is 12.9. The second kappa shape index (κ2) is 11.4. The molecule has 4 rings (SSSR count). The average Bonchev–Trinajstić information content (AvgIpc) is 3.27. The molecular weight excluding hydrogens is 430 g/mol. The molecular formula is C30H39N5. The number of pyridine rings is 1. The van der Waals surface area contributed by atoms with Crippen LogP contribution in [0.2, 0.25) is 0 Å². The van der Waals surface area contributed by atoms with Gasteiger partial charge in [0.1, 0.15) is 5.84 Å². The van der Waals surface area contributed by atoms with Gasteiger partial charge in [-0.2, -0.15) is 0 Å². The fourth-order valence-corrected chi connectivity index (χ4v) is 4.76. The van der Waals surface area contributed by atoms with Gasteiger partial charge in [0.05, 0.1) is 17.6 Å². The highest BCUT2D eigenvalue weighted by Crippen LogP contribution is 2.37. The summed E-state index contributed by atoms with van der Waals surface area (Å²) >= 11 is 0. The Balaban J connectivity index is 1.72. The first kappa shape index (κ1) is 24.8. The van der Waals surface area contributed by atoms with Crippen molar-refractivity contribution in [1.29, 1.82) is 0 Å². The van der Waals surface area contributed by atoms with Crippen LogP contribution in [0.15, 0.2) is 78.2 Å². The van der Waals surface area contributed by atoms with Crippen LogP contribution in [0.5, 0.6) is 0 Å². The Morgan fingerprint density at radius 3 is 2.57 bits per heavy atom. The zero-order valence-corrected chi connectivity index (χ0v) is 21.6. The molecule has 2 aromatic rings. The lowest BCUT2D eigenvalue weighted by Gasteiger charge is -2.28. The molecule has 0 atom stereocenters. The molecule has 0 saturated carbocycles. The van der Waals surface area contributed by atoms with E-state index in [0.29, 0.717) is 5.92 Å². The monoisotopic (exact) mass is 469 g/mol. The van der Waals surface area contributed by atoms with E-state index in [0.717, 1.165) is 72.3 Å². The molecule has 1 aromatic carbocycles. The van der Waals surface area contributed by atoms with Gasteiger partial charge in [0.15, 0.2) is 0 Å². The van der Waals surface area contributed by atoms with Crippen molar-refractivity contribution in [1.82, 2.24) is 15.2 Å². The fourth-order valence-electron chi connectivity index (χ4n) is 4.76. The zero-order valence-electron chi connectivity index (χ0n) is 21.6. The van der Waals surface area contributed by atoms with E-state index in [9.17, 15) is 0 Å². The maximum atomic E-state index is 5.27. The zero-order chi connectivity index (χ0) is 24.8. The molecule has 2 saturated heterocycles. The van der Waals surface area contributed by atoms with E-state index in [1.807, 2.05) is 18.5 Å². The van der Waals surface area contributed by atoms with Gasteiger partial charge in [0, 0.05) is 54.9 Å². The topological polar surface area (TPSA) is 43.8 Å². The number of aliphatic imine (C=N–C) groups is 1. The number of allylic oxidation sites excluding steroid dienone is 1. The van der Waals surface area contributed by atoms with E-state index >= 15 is 0 Å². The average molecular weight is 470 g/mol. The van der Waals surface area contributed by atoms with Crippen LogP contribution in [-0.2, 0) is 0 Å². The number of piperidine rings is 1. The molecule has 0 bridgehead atoms. The van der Waals surface area contributed by atoms with E-state index in [1.165, 1.54) is 24.8 Å². The van der Waals surface area contributed by atoms with Crippen LogP contribution in [0, 0.1) is 5.92 Å². The third-order valence-corrected chi connectivity index (χ3v) is 6.80. The number of hydrogen-bond acceptors (Lipinski definition) is 4. The van der Waals surface area contributed by atoms with Crippen LogP contribution in [-0.4, -0.2) is 41.9 Å². The molecule has 0 amide bonds. The molecule has 2 aliphatic heterocycles. The molecule has 2 fully saturated rings. The number of anilines is 1. The molecule has 5 nitrogen and oxygen atoms in total. The van der Waals surface area contributed by atoms with Crippen molar-refractivity contribution in [2.45, 2.75) is 46.5 Å². The van der Waals surface area contributed by atoms with Crippen LogP contribution in [0.4, 0.5) is 5.69 Å². The van der Waals surface area contributed by atoms with Crippen LogP contribution in [0.1, 0.15) is 57.6 Å². The van der Waals surface area contributed by atoms with E-state index in [-0.39, 0.29) is 0 Å². The number of benzene rings is 1. The van der Waals surface area contributed by atoms with Crippen molar-refractivity contribution < 1.29 is 0 Å². The summed E-state index contributed by atoms with van der Waals surface area (Å²) in [6.07, 6.45) is 8.39. The Morgan fingerprint density at radius 1 is 1.09 bits per heavy atom. The van der Waals surface area contributed by atoms with E-state index in [2.05, 4.69) is 84.4 Å². The van der Waals surface area contributed by atoms with Crippen molar-refractivity contribution in [3.05, 3.63) is 84.3 Å². The number of amidine groups is 1. The summed E-state index contributed by atoms with van der Waals surface area (Å²) in [5.74, 6) is 1.65. The second-order valence-electron chi connectivity index (χ2n) is 9.93. The number of nitrogens with zero attached hydrogens (tertiary/aromatic N) is 4. The highest BCUT2D eigenvalue weighted by Gasteiger charge is 2.26. The third-order valence-electron chi connectivity index (χ3n) is 6.80. The Bertz CT molecular complexity index is 1110. The summed E-state index contributed by atoms with van der Waals surface area (Å²) in [7, 11) is 0. The van der Waals surface area contributed by atoms with Gasteiger partial charge in [-0.3, -0.25) is 4.98 Å². The first-order valence-electron chi connectivity index (χ1n) is 12.9. The Labute approximate surface area is 211 Å². The van der Waals surface area contributed by atoms with Crippen LogP contribution in [0.3, 0.4) is 0 Å². The predicted octanol–water partition coefficient (Wildman–Crippen LogP) is 6.34. The number of nitrogens with one attached hydrogen (secondary N) is 1. The van der Waals surface area contributed by atoms with Gasteiger partial charge in [0.2, 0.25) is 0 Å². The lowest BCUT2D eigenvalue weighted by atomic mass is 10.0. The van der Waals surface area contributed by atoms with Crippen molar-refractivity contribution >= 4 is 22.9 Å². The largest absolute Gasteiger partial charge is 0.385 e. The molecule has 0 aliphatic carbocycles. The lowest BCUT2D eigenvalue weighted by Crippen LogP contribution is -2.34. The highest BCUT2D eigenvalue weighted by atomic mass is 15.2. The van der Waals surface area contributed by atoms with Crippen LogP contribution in [0.25, 0.3) is 11.4 Å². The van der Waals surface area contributed by atoms with E-state index in [4.69, 9.17) is 4.99 Å². The third kappa shape index (κ3) is 6.02. The van der Waals surface area contributed by atoms with Gasteiger partial charge >= 0.3 is 0 Å². The molecule has 184 valence electrons. The summed E-state index contributed by atoms with van der Waals surface area (Å²) in [5.41, 5.74) is 7.44. The Kier molecular flexibility index (Phi) is 8.06. The molecule has 1 aromatic heterocycles. The minimum absolute atomic E-state index is 0.560. The van der Waals surface area contributed by atoms with Crippen molar-refractivity contribution in [3.8, 4) is 0 Å². The maximum Gasteiger partial charge on any atom is 0.102 e. The van der Waals surface area contributed by atoms with Gasteiger partial charge in [-0.1, -0.05) is 45.2 Å². The number of rotatable bonds is 7. The summed E-state index contributed by atoms with van der Waals surface area (Å²) in [6, 6.07) is 12.7. The normalized spacial score (nSPS) is 18.3. The van der Waals surface area contributed by atoms with Crippen molar-refractivity contribution in [2.75, 3.05) is 31.1 Å². The van der Waals surface area contributed by atoms with Crippen LogP contribution < -0.4 is 10.2 Å². The predicted molar refractivity (Wildman–Crippen MR) is 149 cm³/mol. The highest BCUT2D eigenvalue weighted by molar-refractivity contribution is 5.89. The van der Waals surface area contributed by atoms with E-state index in [1.54, 1.807) is 0 Å². The number of hydrogen-bond donors (Lipinski definition) is 1. The first-order chi connectivity index (χ1) is 16.9. The number of likely N-dealkylation sites (tertiary alicyclic amines) is 1. The minimum Gasteiger partial charge on any atom is -0.385 e. The number of aromatic nitrogens is 1. The van der Waals surface area contributed by atoms with Crippen LogP contribution >= 0.6 is 0 Å². The van der Waals surface area contributed by atoms with Gasteiger partial charge in [-0.15, -0.1) is 0 Å². The minimum atomic E-state index is 0.560. The maximum absolute atomic E-state index is 5.27. The molecule has 35 heavy (non-hydrogen) atoms. The molecule has 0 radical (unpaired) electrons. The summed E-state index contributed by atoms with van der Waals surface area (Å²) in [6.45, 7) is 19.3. The van der Waals surface area contributed by atoms with Gasteiger partial charge in [0.25, 0.3) is 0 Å². The van der Waals surface area contributed by atoms with Gasteiger partial charge in [-0.25, -0.2) is 4.99 Å². The molecule has 0 unspecified atom stereocenters. The lowest BCUT2D eigenvalue weighted by molar-refractivity contribution is 0.341. The molecule has 1 N–H and O–H groups in total. The Morgan fingerprint density at radius 2 is 1.86 bits per heavy atom. The smallest absolute Gasteiger partial charge is 0.102 e. The summed E-state index contributed by atoms with van der Waals surface area (Å²) in [5, 5.41) is 3.48. The molecule has 5 heteroatoms. The SMILES string of the molecule is C=C(NCC(C)C)c1cccc(/C(N=C(C)N2CCCCC2)=C2\CCN(c3cccnc3)C2=C)c1. The summed E-state index contributed by atoms with van der Waals surface area (Å²) < 4.78 is 0.